The van der Waals surface area contributed by atoms with Gasteiger partial charge in [-0.15, -0.1) is 11.3 Å². The van der Waals surface area contributed by atoms with Gasteiger partial charge in [0.25, 0.3) is 0 Å². The molecule has 0 radical (unpaired) electrons. The van der Waals surface area contributed by atoms with Crippen LogP contribution in [0.5, 0.6) is 0 Å². The predicted molar refractivity (Wildman–Crippen MR) is 63.3 cm³/mol. The van der Waals surface area contributed by atoms with Crippen molar-refractivity contribution in [2.75, 3.05) is 6.54 Å². The maximum atomic E-state index is 5.54. The summed E-state index contributed by atoms with van der Waals surface area (Å²) in [6.45, 7) is 5.34. The van der Waals surface area contributed by atoms with Gasteiger partial charge in [0.05, 0.1) is 3.79 Å². The van der Waals surface area contributed by atoms with Gasteiger partial charge in [0, 0.05) is 4.88 Å². The minimum absolute atomic E-state index is 0.625. The first-order valence-corrected chi connectivity index (χ1v) is 6.21. The summed E-state index contributed by atoms with van der Waals surface area (Å²) in [4.78, 5) is 1.45. The highest BCUT2D eigenvalue weighted by atomic mass is 79.9. The van der Waals surface area contributed by atoms with Gasteiger partial charge in [0.1, 0.15) is 0 Å². The van der Waals surface area contributed by atoms with E-state index in [1.807, 2.05) is 11.3 Å². The van der Waals surface area contributed by atoms with Crippen molar-refractivity contribution in [3.05, 3.63) is 20.8 Å². The zero-order valence-corrected chi connectivity index (χ0v) is 10.5. The summed E-state index contributed by atoms with van der Waals surface area (Å²) in [5.74, 6) is 1.30. The Morgan fingerprint density at radius 1 is 1.46 bits per heavy atom. The molecule has 0 saturated carbocycles. The summed E-state index contributed by atoms with van der Waals surface area (Å²) in [6.07, 6.45) is 1.11. The summed E-state index contributed by atoms with van der Waals surface area (Å²) >= 11 is 5.31. The maximum absolute atomic E-state index is 5.54. The van der Waals surface area contributed by atoms with E-state index >= 15 is 0 Å². The molecule has 2 N–H and O–H groups in total. The molecule has 1 heterocycles. The van der Waals surface area contributed by atoms with Crippen LogP contribution in [0.1, 0.15) is 31.1 Å². The molecule has 2 atom stereocenters. The second-order valence-corrected chi connectivity index (χ2v) is 5.98. The zero-order valence-electron chi connectivity index (χ0n) is 8.09. The van der Waals surface area contributed by atoms with Gasteiger partial charge in [-0.1, -0.05) is 13.8 Å². The van der Waals surface area contributed by atoms with Crippen molar-refractivity contribution in [3.8, 4) is 0 Å². The third kappa shape index (κ3) is 3.08. The molecule has 3 heteroatoms. The van der Waals surface area contributed by atoms with Crippen LogP contribution < -0.4 is 5.73 Å². The van der Waals surface area contributed by atoms with Crippen LogP contribution in [0, 0.1) is 5.92 Å². The summed E-state index contributed by atoms with van der Waals surface area (Å²) < 4.78 is 1.22. The smallest absolute Gasteiger partial charge is 0.0701 e. The van der Waals surface area contributed by atoms with Crippen molar-refractivity contribution in [3.63, 3.8) is 0 Å². The lowest BCUT2D eigenvalue weighted by Gasteiger charge is -2.17. The Morgan fingerprint density at radius 3 is 2.62 bits per heavy atom. The number of hydrogen-bond acceptors (Lipinski definition) is 2. The van der Waals surface area contributed by atoms with Gasteiger partial charge in [-0.25, -0.2) is 0 Å². The van der Waals surface area contributed by atoms with E-state index in [9.17, 15) is 0 Å². The monoisotopic (exact) mass is 261 g/mol. The first kappa shape index (κ1) is 11.2. The molecule has 0 aliphatic heterocycles. The van der Waals surface area contributed by atoms with Crippen LogP contribution in [0.3, 0.4) is 0 Å². The minimum atomic E-state index is 0.625. The van der Waals surface area contributed by atoms with E-state index in [4.69, 9.17) is 5.73 Å². The van der Waals surface area contributed by atoms with Gasteiger partial charge in [-0.05, 0) is 52.9 Å². The molecular formula is C10H16BrNS. The zero-order chi connectivity index (χ0) is 9.84. The molecule has 74 valence electrons. The lowest BCUT2D eigenvalue weighted by atomic mass is 9.92. The molecule has 0 spiro atoms. The fourth-order valence-electron chi connectivity index (χ4n) is 1.37. The maximum Gasteiger partial charge on any atom is 0.0701 e. The van der Waals surface area contributed by atoms with Crippen LogP contribution in [0.15, 0.2) is 15.9 Å². The van der Waals surface area contributed by atoms with Gasteiger partial charge >= 0.3 is 0 Å². The Kier molecular flexibility index (Phi) is 4.42. The molecule has 0 bridgehead atoms. The highest BCUT2D eigenvalue weighted by Crippen LogP contribution is 2.33. The van der Waals surface area contributed by atoms with Gasteiger partial charge in [-0.2, -0.15) is 0 Å². The molecule has 0 amide bonds. The summed E-state index contributed by atoms with van der Waals surface area (Å²) in [5.41, 5.74) is 5.54. The van der Waals surface area contributed by atoms with Crippen LogP contribution in [0.4, 0.5) is 0 Å². The number of hydrogen-bond donors (Lipinski definition) is 1. The Hall–Kier alpha value is 0.140. The molecule has 0 aliphatic rings. The lowest BCUT2D eigenvalue weighted by molar-refractivity contribution is 0.464. The number of thiophene rings is 1. The first-order valence-electron chi connectivity index (χ1n) is 4.60. The average molecular weight is 262 g/mol. The third-order valence-electron chi connectivity index (χ3n) is 2.52. The van der Waals surface area contributed by atoms with Crippen LogP contribution in [0.25, 0.3) is 0 Å². The van der Waals surface area contributed by atoms with Gasteiger partial charge in [-0.3, -0.25) is 0 Å². The number of rotatable bonds is 4. The topological polar surface area (TPSA) is 26.0 Å². The van der Waals surface area contributed by atoms with Crippen LogP contribution in [-0.2, 0) is 0 Å². The second-order valence-electron chi connectivity index (χ2n) is 3.49. The molecule has 0 aromatic carbocycles. The van der Waals surface area contributed by atoms with E-state index in [0.29, 0.717) is 11.8 Å². The molecule has 0 saturated heterocycles. The van der Waals surface area contributed by atoms with Crippen molar-refractivity contribution in [1.82, 2.24) is 0 Å². The van der Waals surface area contributed by atoms with Crippen molar-refractivity contribution >= 4 is 27.3 Å². The Morgan fingerprint density at radius 2 is 2.15 bits per heavy atom. The molecule has 1 nitrogen and oxygen atoms in total. The summed E-state index contributed by atoms with van der Waals surface area (Å²) in [6, 6.07) is 4.32. The Balaban J connectivity index is 2.61. The van der Waals surface area contributed by atoms with E-state index in [2.05, 4.69) is 41.9 Å². The molecule has 1 aromatic heterocycles. The SMILES string of the molecule is CC(CCN)C(C)c1ccc(Br)s1. The average Bonchev–Trinajstić information content (AvgIpc) is 2.51. The van der Waals surface area contributed by atoms with Crippen LogP contribution in [0.2, 0.25) is 0 Å². The van der Waals surface area contributed by atoms with Gasteiger partial charge in [0.15, 0.2) is 0 Å². The van der Waals surface area contributed by atoms with Crippen molar-refractivity contribution in [1.29, 1.82) is 0 Å². The molecule has 0 fully saturated rings. The Bertz CT molecular complexity index is 259. The molecular weight excluding hydrogens is 246 g/mol. The van der Waals surface area contributed by atoms with Gasteiger partial charge in [0.2, 0.25) is 0 Å². The normalized spacial score (nSPS) is 15.7. The number of halogens is 1. The standard InChI is InChI=1S/C10H16BrNS/c1-7(5-6-12)8(2)9-3-4-10(11)13-9/h3-4,7-8H,5-6,12H2,1-2H3. The van der Waals surface area contributed by atoms with Crippen molar-refractivity contribution < 1.29 is 0 Å². The predicted octanol–water partition coefficient (Wildman–Crippen LogP) is 3.60. The fraction of sp³-hybridized carbons (Fsp3) is 0.600. The largest absolute Gasteiger partial charge is 0.330 e. The van der Waals surface area contributed by atoms with Gasteiger partial charge < -0.3 is 5.73 Å². The molecule has 0 aliphatic carbocycles. The van der Waals surface area contributed by atoms with E-state index in [1.165, 1.54) is 8.66 Å². The van der Waals surface area contributed by atoms with Crippen molar-refractivity contribution in [2.45, 2.75) is 26.2 Å². The first-order chi connectivity index (χ1) is 6.15. The minimum Gasteiger partial charge on any atom is -0.330 e. The Labute approximate surface area is 92.5 Å². The van der Waals surface area contributed by atoms with E-state index < -0.39 is 0 Å². The quantitative estimate of drug-likeness (QED) is 0.881. The van der Waals surface area contributed by atoms with Crippen LogP contribution in [-0.4, -0.2) is 6.54 Å². The second kappa shape index (κ2) is 5.13. The van der Waals surface area contributed by atoms with Crippen molar-refractivity contribution in [2.24, 2.45) is 11.7 Å². The molecule has 13 heavy (non-hydrogen) atoms. The molecule has 1 aromatic rings. The molecule has 1 rings (SSSR count). The summed E-state index contributed by atoms with van der Waals surface area (Å²) in [5, 5.41) is 0. The van der Waals surface area contributed by atoms with E-state index in [0.717, 1.165) is 13.0 Å². The fourth-order valence-corrected chi connectivity index (χ4v) is 2.97. The highest BCUT2D eigenvalue weighted by molar-refractivity contribution is 9.11. The third-order valence-corrected chi connectivity index (χ3v) is 4.34. The van der Waals surface area contributed by atoms with E-state index in [1.54, 1.807) is 0 Å². The van der Waals surface area contributed by atoms with Crippen LogP contribution >= 0.6 is 27.3 Å². The van der Waals surface area contributed by atoms with E-state index in [-0.39, 0.29) is 0 Å². The lowest BCUT2D eigenvalue weighted by Crippen LogP contribution is -2.11. The number of nitrogens with two attached hydrogens (primary N) is 1. The summed E-state index contributed by atoms with van der Waals surface area (Å²) in [7, 11) is 0. The molecule has 2 unspecified atom stereocenters. The highest BCUT2D eigenvalue weighted by Gasteiger charge is 2.14.